The maximum atomic E-state index is 11.8. The van der Waals surface area contributed by atoms with Crippen molar-refractivity contribution >= 4 is 11.0 Å². The van der Waals surface area contributed by atoms with E-state index in [1.165, 1.54) is 0 Å². The largest absolute Gasteiger partial charge is 0.237 e. The van der Waals surface area contributed by atoms with Crippen molar-refractivity contribution in [3.8, 4) is 6.07 Å². The molecule has 4 heteroatoms. The third-order valence-corrected chi connectivity index (χ3v) is 3.42. The van der Waals surface area contributed by atoms with E-state index in [1.807, 2.05) is 38.1 Å². The van der Waals surface area contributed by atoms with Crippen LogP contribution in [0.25, 0.3) is 0 Å². The Hall–Kier alpha value is -1.18. The third kappa shape index (κ3) is 3.76. The van der Waals surface area contributed by atoms with Crippen LogP contribution in [0.5, 0.6) is 0 Å². The van der Waals surface area contributed by atoms with Crippen LogP contribution in [-0.2, 0) is 11.0 Å². The van der Waals surface area contributed by atoms with Crippen LogP contribution >= 0.6 is 0 Å². The predicted molar refractivity (Wildman–Crippen MR) is 65.0 cm³/mol. The van der Waals surface area contributed by atoms with Gasteiger partial charge < -0.3 is 0 Å². The quantitative estimate of drug-likeness (QED) is 0.852. The van der Waals surface area contributed by atoms with E-state index in [2.05, 4.69) is 10.8 Å². The average molecular weight is 236 g/mol. The van der Waals surface area contributed by atoms with E-state index in [0.29, 0.717) is 11.3 Å². The van der Waals surface area contributed by atoms with Gasteiger partial charge in [0.2, 0.25) is 0 Å². The van der Waals surface area contributed by atoms with E-state index in [4.69, 9.17) is 5.26 Å². The minimum atomic E-state index is -1.30. The van der Waals surface area contributed by atoms with Gasteiger partial charge in [0, 0.05) is 0 Å². The van der Waals surface area contributed by atoms with E-state index < -0.39 is 11.0 Å². The molecule has 0 spiro atoms. The molecule has 1 N–H and O–H groups in total. The molecule has 0 radical (unpaired) electrons. The summed E-state index contributed by atoms with van der Waals surface area (Å²) in [6.45, 7) is 3.98. The van der Waals surface area contributed by atoms with Gasteiger partial charge in [0.25, 0.3) is 0 Å². The number of hydrogen-bond acceptors (Lipinski definition) is 2. The Morgan fingerprint density at radius 3 is 2.56 bits per heavy atom. The van der Waals surface area contributed by atoms with Crippen molar-refractivity contribution < 1.29 is 4.21 Å². The van der Waals surface area contributed by atoms with Crippen LogP contribution in [0, 0.1) is 18.3 Å². The van der Waals surface area contributed by atoms with Crippen molar-refractivity contribution in [2.24, 2.45) is 0 Å². The van der Waals surface area contributed by atoms with Crippen LogP contribution in [0.1, 0.15) is 25.3 Å². The van der Waals surface area contributed by atoms with Crippen LogP contribution in [-0.4, -0.2) is 10.3 Å². The fraction of sp³-hybridized carbons (Fsp3) is 0.417. The Labute approximate surface area is 99.1 Å². The molecule has 1 aromatic rings. The van der Waals surface area contributed by atoms with Crippen molar-refractivity contribution in [3.63, 3.8) is 0 Å². The lowest BCUT2D eigenvalue weighted by atomic mass is 10.2. The Kier molecular flexibility index (Phi) is 5.17. The first kappa shape index (κ1) is 12.9. The molecule has 0 saturated heterocycles. The van der Waals surface area contributed by atoms with Gasteiger partial charge in [-0.25, -0.2) is 8.93 Å². The van der Waals surface area contributed by atoms with Crippen molar-refractivity contribution in [2.45, 2.75) is 37.6 Å². The van der Waals surface area contributed by atoms with Gasteiger partial charge >= 0.3 is 0 Å². The molecule has 1 rings (SSSR count). The molecule has 16 heavy (non-hydrogen) atoms. The van der Waals surface area contributed by atoms with E-state index in [9.17, 15) is 4.21 Å². The molecule has 86 valence electrons. The molecule has 0 aliphatic heterocycles. The lowest BCUT2D eigenvalue weighted by molar-refractivity contribution is 0.634. The summed E-state index contributed by atoms with van der Waals surface area (Å²) in [7, 11) is -1.30. The van der Waals surface area contributed by atoms with Crippen LogP contribution in [0.3, 0.4) is 0 Å². The zero-order valence-corrected chi connectivity index (χ0v) is 10.4. The highest BCUT2D eigenvalue weighted by Crippen LogP contribution is 2.08. The normalized spacial score (nSPS) is 14.1. The number of benzene rings is 1. The summed E-state index contributed by atoms with van der Waals surface area (Å²) in [4.78, 5) is 0.710. The monoisotopic (exact) mass is 236 g/mol. The first-order valence-corrected chi connectivity index (χ1v) is 6.46. The SMILES string of the molecule is CCC[C@H](C#N)NS(=O)c1ccc(C)cc1. The van der Waals surface area contributed by atoms with E-state index in [1.54, 1.807) is 0 Å². The first-order chi connectivity index (χ1) is 7.67. The second-order valence-corrected chi connectivity index (χ2v) is 4.91. The van der Waals surface area contributed by atoms with Crippen LogP contribution in [0.2, 0.25) is 0 Å². The second kappa shape index (κ2) is 6.41. The third-order valence-electron chi connectivity index (χ3n) is 2.22. The minimum Gasteiger partial charge on any atom is -0.237 e. The van der Waals surface area contributed by atoms with Crippen LogP contribution < -0.4 is 4.72 Å². The first-order valence-electron chi connectivity index (χ1n) is 5.31. The Morgan fingerprint density at radius 2 is 2.06 bits per heavy atom. The molecule has 0 aromatic heterocycles. The second-order valence-electron chi connectivity index (χ2n) is 3.67. The molecule has 0 aliphatic carbocycles. The highest BCUT2D eigenvalue weighted by molar-refractivity contribution is 7.83. The van der Waals surface area contributed by atoms with Gasteiger partial charge in [0.05, 0.1) is 11.0 Å². The molecule has 0 fully saturated rings. The zero-order valence-electron chi connectivity index (χ0n) is 9.56. The number of rotatable bonds is 5. The van der Waals surface area contributed by atoms with E-state index in [0.717, 1.165) is 12.0 Å². The topological polar surface area (TPSA) is 52.9 Å². The number of nitrogens with zero attached hydrogens (tertiary/aromatic N) is 1. The zero-order chi connectivity index (χ0) is 12.0. The molecule has 1 aromatic carbocycles. The molecule has 1 unspecified atom stereocenters. The van der Waals surface area contributed by atoms with Gasteiger partial charge in [0.15, 0.2) is 0 Å². The van der Waals surface area contributed by atoms with Crippen LogP contribution in [0.4, 0.5) is 0 Å². The summed E-state index contributed by atoms with van der Waals surface area (Å²) < 4.78 is 14.7. The number of nitriles is 1. The summed E-state index contributed by atoms with van der Waals surface area (Å²) in [5.41, 5.74) is 1.13. The standard InChI is InChI=1S/C12H16N2OS/c1-3-4-11(9-13)14-16(15)12-7-5-10(2)6-8-12/h5-8,11,14H,3-4H2,1-2H3/t11-,16?/m1/s1. The molecule has 0 saturated carbocycles. The molecule has 0 amide bonds. The summed E-state index contributed by atoms with van der Waals surface area (Å²) in [6.07, 6.45) is 1.62. The Balaban J connectivity index is 2.65. The van der Waals surface area contributed by atoms with Crippen molar-refractivity contribution in [1.82, 2.24) is 4.72 Å². The fourth-order valence-electron chi connectivity index (χ4n) is 1.30. The van der Waals surface area contributed by atoms with Gasteiger partial charge in [-0.3, -0.25) is 0 Å². The summed E-state index contributed by atoms with van der Waals surface area (Å²) in [6, 6.07) is 9.23. The highest BCUT2D eigenvalue weighted by Gasteiger charge is 2.10. The number of aryl methyl sites for hydroxylation is 1. The molecular formula is C12H16N2OS. The molecule has 0 heterocycles. The summed E-state index contributed by atoms with van der Waals surface area (Å²) >= 11 is 0. The van der Waals surface area contributed by atoms with Gasteiger partial charge in [-0.1, -0.05) is 31.0 Å². The lowest BCUT2D eigenvalue weighted by Gasteiger charge is -2.09. The average Bonchev–Trinajstić information content (AvgIpc) is 2.29. The molecule has 2 atom stereocenters. The molecule has 0 bridgehead atoms. The van der Waals surface area contributed by atoms with Crippen LogP contribution in [0.15, 0.2) is 29.2 Å². The maximum Gasteiger partial charge on any atom is 0.126 e. The Morgan fingerprint density at radius 1 is 1.44 bits per heavy atom. The smallest absolute Gasteiger partial charge is 0.126 e. The molecule has 0 aliphatic rings. The van der Waals surface area contributed by atoms with Gasteiger partial charge in [-0.05, 0) is 25.5 Å². The highest BCUT2D eigenvalue weighted by atomic mass is 32.2. The van der Waals surface area contributed by atoms with Gasteiger partial charge in [0.1, 0.15) is 17.0 Å². The number of hydrogen-bond donors (Lipinski definition) is 1. The van der Waals surface area contributed by atoms with Crippen molar-refractivity contribution in [2.75, 3.05) is 0 Å². The molecule has 3 nitrogen and oxygen atoms in total. The fourth-order valence-corrected chi connectivity index (χ4v) is 2.25. The van der Waals surface area contributed by atoms with Gasteiger partial charge in [-0.15, -0.1) is 0 Å². The predicted octanol–water partition coefficient (Wildman–Crippen LogP) is 2.30. The Bertz CT molecular complexity index is 394. The lowest BCUT2D eigenvalue weighted by Crippen LogP contribution is -2.29. The van der Waals surface area contributed by atoms with Crippen molar-refractivity contribution in [3.05, 3.63) is 29.8 Å². The van der Waals surface area contributed by atoms with Crippen molar-refractivity contribution in [1.29, 1.82) is 5.26 Å². The maximum absolute atomic E-state index is 11.8. The summed E-state index contributed by atoms with van der Waals surface area (Å²) in [5, 5.41) is 8.85. The minimum absolute atomic E-state index is 0.341. The summed E-state index contributed by atoms with van der Waals surface area (Å²) in [5.74, 6) is 0. The van der Waals surface area contributed by atoms with E-state index >= 15 is 0 Å². The van der Waals surface area contributed by atoms with E-state index in [-0.39, 0.29) is 6.04 Å². The molecular weight excluding hydrogens is 220 g/mol. The number of nitrogens with one attached hydrogen (secondary N) is 1. The van der Waals surface area contributed by atoms with Gasteiger partial charge in [-0.2, -0.15) is 5.26 Å².